The fraction of sp³-hybridized carbons (Fsp3) is 0.300. The maximum atomic E-state index is 12.8. The van der Waals surface area contributed by atoms with Crippen LogP contribution in [0.3, 0.4) is 0 Å². The van der Waals surface area contributed by atoms with E-state index in [-0.39, 0.29) is 24.3 Å². The van der Waals surface area contributed by atoms with Gasteiger partial charge >= 0.3 is 5.97 Å². The molecule has 2 amide bonds. The molecule has 2 rings (SSSR count). The number of ether oxygens (including phenoxy) is 1. The lowest BCUT2D eigenvalue weighted by Crippen LogP contribution is -2.44. The van der Waals surface area contributed by atoms with Crippen molar-refractivity contribution < 1.29 is 19.1 Å². The molecule has 0 bridgehead atoms. The number of hydrogen-bond acceptors (Lipinski definition) is 6. The predicted octanol–water partition coefficient (Wildman–Crippen LogP) is 1.91. The van der Waals surface area contributed by atoms with E-state index in [9.17, 15) is 19.6 Å². The van der Waals surface area contributed by atoms with Crippen LogP contribution in [0.25, 0.3) is 6.08 Å². The molecule has 1 aliphatic heterocycles. The molecule has 0 saturated carbocycles. The van der Waals surface area contributed by atoms with E-state index in [1.54, 1.807) is 13.0 Å². The van der Waals surface area contributed by atoms with Crippen LogP contribution in [0.5, 0.6) is 0 Å². The number of carbonyl (C=O) groups excluding carboxylic acids is 3. The maximum Gasteiger partial charge on any atom is 0.302 e. The summed E-state index contributed by atoms with van der Waals surface area (Å²) in [4.78, 5) is 39.0. The second-order valence-electron chi connectivity index (χ2n) is 6.26. The third kappa shape index (κ3) is 4.42. The molecule has 0 saturated heterocycles. The van der Waals surface area contributed by atoms with Gasteiger partial charge in [-0.3, -0.25) is 19.3 Å². The average Bonchev–Trinajstić information content (AvgIpc) is 2.62. The summed E-state index contributed by atoms with van der Waals surface area (Å²) in [6.45, 7) is 2.60. The number of amides is 2. The first-order valence-electron chi connectivity index (χ1n) is 8.36. The number of nitrogens with zero attached hydrogens (tertiary/aromatic N) is 3. The van der Waals surface area contributed by atoms with Crippen LogP contribution >= 0.6 is 0 Å². The minimum absolute atomic E-state index is 0.0893. The highest BCUT2D eigenvalue weighted by Crippen LogP contribution is 2.27. The van der Waals surface area contributed by atoms with E-state index in [2.05, 4.69) is 0 Å². The molecular weight excluding hydrogens is 346 g/mol. The van der Waals surface area contributed by atoms with Crippen LogP contribution in [0.4, 0.5) is 5.69 Å². The topological polar surface area (TPSA) is 90.7 Å². The Bertz CT molecular complexity index is 873. The van der Waals surface area contributed by atoms with E-state index in [0.717, 1.165) is 16.2 Å². The Hall–Kier alpha value is -3.40. The molecule has 1 aliphatic rings. The molecule has 0 fully saturated rings. The van der Waals surface area contributed by atoms with Gasteiger partial charge in [-0.25, -0.2) is 0 Å². The zero-order valence-electron chi connectivity index (χ0n) is 15.8. The zero-order valence-corrected chi connectivity index (χ0v) is 15.8. The van der Waals surface area contributed by atoms with Crippen LogP contribution in [-0.2, 0) is 19.1 Å². The molecule has 1 aromatic rings. The van der Waals surface area contributed by atoms with E-state index in [0.29, 0.717) is 5.57 Å². The van der Waals surface area contributed by atoms with E-state index < -0.39 is 17.8 Å². The van der Waals surface area contributed by atoms with Crippen molar-refractivity contribution >= 4 is 29.5 Å². The van der Waals surface area contributed by atoms with Gasteiger partial charge in [0.2, 0.25) is 0 Å². The first kappa shape index (κ1) is 19.9. The smallest absolute Gasteiger partial charge is 0.302 e. The second-order valence-corrected chi connectivity index (χ2v) is 6.26. The molecule has 140 valence electrons. The summed E-state index contributed by atoms with van der Waals surface area (Å²) in [5.74, 6) is -1.69. The van der Waals surface area contributed by atoms with Gasteiger partial charge in [0.1, 0.15) is 18.2 Å². The van der Waals surface area contributed by atoms with Crippen LogP contribution in [0, 0.1) is 11.3 Å². The molecule has 0 N–H and O–H groups in total. The van der Waals surface area contributed by atoms with Gasteiger partial charge in [0.15, 0.2) is 0 Å². The van der Waals surface area contributed by atoms with Crippen LogP contribution in [0.2, 0.25) is 0 Å². The molecule has 0 atom stereocenters. The van der Waals surface area contributed by atoms with Crippen molar-refractivity contribution in [1.82, 2.24) is 4.90 Å². The molecule has 7 nitrogen and oxygen atoms in total. The van der Waals surface area contributed by atoms with Crippen LogP contribution < -0.4 is 4.90 Å². The summed E-state index contributed by atoms with van der Waals surface area (Å²) in [6.07, 6.45) is 1.65. The Labute approximate surface area is 158 Å². The van der Waals surface area contributed by atoms with Crippen molar-refractivity contribution in [3.8, 4) is 6.07 Å². The molecule has 0 spiro atoms. The molecule has 27 heavy (non-hydrogen) atoms. The fourth-order valence-corrected chi connectivity index (χ4v) is 2.65. The molecular formula is C20H21N3O4. The predicted molar refractivity (Wildman–Crippen MR) is 100 cm³/mol. The van der Waals surface area contributed by atoms with E-state index in [4.69, 9.17) is 4.74 Å². The summed E-state index contributed by atoms with van der Waals surface area (Å²) in [5, 5.41) is 9.35. The lowest BCUT2D eigenvalue weighted by Gasteiger charge is -2.27. The van der Waals surface area contributed by atoms with Gasteiger partial charge in [0.25, 0.3) is 11.8 Å². The lowest BCUT2D eigenvalue weighted by atomic mass is 9.93. The van der Waals surface area contributed by atoms with Gasteiger partial charge in [0.05, 0.1) is 6.54 Å². The fourth-order valence-electron chi connectivity index (χ4n) is 2.65. The number of hydrogen-bond donors (Lipinski definition) is 0. The number of benzene rings is 1. The van der Waals surface area contributed by atoms with Crippen molar-refractivity contribution in [2.75, 3.05) is 32.1 Å². The van der Waals surface area contributed by atoms with E-state index in [1.807, 2.05) is 49.3 Å². The Morgan fingerprint density at radius 1 is 1.22 bits per heavy atom. The summed E-state index contributed by atoms with van der Waals surface area (Å²) in [6, 6.07) is 9.41. The Morgan fingerprint density at radius 3 is 2.37 bits per heavy atom. The molecule has 0 radical (unpaired) electrons. The van der Waals surface area contributed by atoms with Gasteiger partial charge in [-0.05, 0) is 36.3 Å². The summed E-state index contributed by atoms with van der Waals surface area (Å²) >= 11 is 0. The van der Waals surface area contributed by atoms with Gasteiger partial charge < -0.3 is 9.64 Å². The van der Waals surface area contributed by atoms with E-state index in [1.165, 1.54) is 6.92 Å². The third-order valence-electron chi connectivity index (χ3n) is 4.17. The first-order chi connectivity index (χ1) is 12.8. The molecule has 0 unspecified atom stereocenters. The standard InChI is InChI=1S/C20H21N3O4/c1-13-17(11-15-5-7-16(8-6-15)22(3)4)19(25)23(9-10-27-14(2)24)20(26)18(13)12-21/h5-8,11H,9-10H2,1-4H3. The van der Waals surface area contributed by atoms with Gasteiger partial charge in [-0.2, -0.15) is 5.26 Å². The Kier molecular flexibility index (Phi) is 6.14. The molecule has 1 aromatic carbocycles. The quantitative estimate of drug-likeness (QED) is 0.449. The largest absolute Gasteiger partial charge is 0.464 e. The highest BCUT2D eigenvalue weighted by atomic mass is 16.5. The Morgan fingerprint density at radius 2 is 1.85 bits per heavy atom. The van der Waals surface area contributed by atoms with Crippen LogP contribution in [-0.4, -0.2) is 49.9 Å². The van der Waals surface area contributed by atoms with Crippen molar-refractivity contribution in [3.63, 3.8) is 0 Å². The number of anilines is 1. The Balaban J connectivity index is 2.39. The van der Waals surface area contributed by atoms with Gasteiger partial charge in [-0.15, -0.1) is 0 Å². The zero-order chi connectivity index (χ0) is 20.1. The third-order valence-corrected chi connectivity index (χ3v) is 4.17. The minimum Gasteiger partial charge on any atom is -0.464 e. The summed E-state index contributed by atoms with van der Waals surface area (Å²) in [7, 11) is 3.85. The number of esters is 1. The molecule has 0 aromatic heterocycles. The van der Waals surface area contributed by atoms with Crippen molar-refractivity contribution in [1.29, 1.82) is 5.26 Å². The number of imide groups is 1. The monoisotopic (exact) mass is 367 g/mol. The highest BCUT2D eigenvalue weighted by Gasteiger charge is 2.35. The summed E-state index contributed by atoms with van der Waals surface area (Å²) in [5.41, 5.74) is 2.30. The summed E-state index contributed by atoms with van der Waals surface area (Å²) < 4.78 is 4.82. The van der Waals surface area contributed by atoms with Crippen molar-refractivity contribution in [2.45, 2.75) is 13.8 Å². The maximum absolute atomic E-state index is 12.8. The van der Waals surface area contributed by atoms with Crippen LogP contribution in [0.1, 0.15) is 19.4 Å². The van der Waals surface area contributed by atoms with Gasteiger partial charge in [0, 0.05) is 32.3 Å². The first-order valence-corrected chi connectivity index (χ1v) is 8.36. The van der Waals surface area contributed by atoms with Gasteiger partial charge in [-0.1, -0.05) is 12.1 Å². The van der Waals surface area contributed by atoms with E-state index >= 15 is 0 Å². The number of rotatable bonds is 5. The number of carbonyl (C=O) groups is 3. The lowest BCUT2D eigenvalue weighted by molar-refractivity contribution is -0.147. The molecule has 7 heteroatoms. The molecule has 1 heterocycles. The average molecular weight is 367 g/mol. The minimum atomic E-state index is -0.674. The normalized spacial score (nSPS) is 15.8. The van der Waals surface area contributed by atoms with Crippen molar-refractivity contribution in [2.24, 2.45) is 0 Å². The molecule has 0 aliphatic carbocycles. The number of nitriles is 1. The SMILES string of the molecule is CC(=O)OCCN1C(=O)C(=Cc2ccc(N(C)C)cc2)C(C)=C(C#N)C1=O. The second kappa shape index (κ2) is 8.32. The highest BCUT2D eigenvalue weighted by molar-refractivity contribution is 6.19. The van der Waals surface area contributed by atoms with Crippen molar-refractivity contribution in [3.05, 3.63) is 46.5 Å². The van der Waals surface area contributed by atoms with Crippen LogP contribution in [0.15, 0.2) is 41.0 Å².